The SMILES string of the molecule is CNCCC(=O)N1CCC2(CCOCC2)C1.Cl. The molecule has 5 heteroatoms. The van der Waals surface area contributed by atoms with E-state index in [9.17, 15) is 4.79 Å². The Labute approximate surface area is 109 Å². The molecule has 0 atom stereocenters. The molecule has 0 aromatic carbocycles. The van der Waals surface area contributed by atoms with E-state index in [1.165, 1.54) is 6.42 Å². The molecule has 0 aromatic heterocycles. The molecule has 1 spiro atoms. The fraction of sp³-hybridized carbons (Fsp3) is 0.917. The summed E-state index contributed by atoms with van der Waals surface area (Å²) in [6.45, 7) is 4.43. The Kier molecular flexibility index (Phi) is 5.70. The van der Waals surface area contributed by atoms with Crippen LogP contribution in [0, 0.1) is 5.41 Å². The zero-order valence-corrected chi connectivity index (χ0v) is 11.4. The number of nitrogens with one attached hydrogen (secondary N) is 1. The minimum Gasteiger partial charge on any atom is -0.381 e. The van der Waals surface area contributed by atoms with Crippen LogP contribution in [0.15, 0.2) is 0 Å². The molecule has 0 bridgehead atoms. The summed E-state index contributed by atoms with van der Waals surface area (Å²) in [6.07, 6.45) is 4.05. The quantitative estimate of drug-likeness (QED) is 0.827. The molecule has 17 heavy (non-hydrogen) atoms. The highest BCUT2D eigenvalue weighted by Crippen LogP contribution is 2.39. The van der Waals surface area contributed by atoms with E-state index in [-0.39, 0.29) is 12.4 Å². The lowest BCUT2D eigenvalue weighted by molar-refractivity contribution is -0.130. The molecule has 2 fully saturated rings. The van der Waals surface area contributed by atoms with Gasteiger partial charge in [-0.05, 0) is 31.7 Å². The summed E-state index contributed by atoms with van der Waals surface area (Å²) in [5, 5.41) is 3.03. The molecule has 2 aliphatic rings. The number of amides is 1. The number of nitrogens with zero attached hydrogens (tertiary/aromatic N) is 1. The van der Waals surface area contributed by atoms with Crippen LogP contribution in [0.1, 0.15) is 25.7 Å². The van der Waals surface area contributed by atoms with Gasteiger partial charge in [-0.2, -0.15) is 0 Å². The standard InChI is InChI=1S/C12H22N2O2.ClH/c1-13-6-2-11(15)14-7-3-12(10-14)4-8-16-9-5-12;/h13H,2-10H2,1H3;1H. The summed E-state index contributed by atoms with van der Waals surface area (Å²) in [7, 11) is 1.89. The smallest absolute Gasteiger partial charge is 0.223 e. The maximum atomic E-state index is 11.9. The number of halogens is 1. The zero-order valence-electron chi connectivity index (χ0n) is 10.5. The molecule has 100 valence electrons. The van der Waals surface area contributed by atoms with E-state index >= 15 is 0 Å². The van der Waals surface area contributed by atoms with Crippen LogP contribution < -0.4 is 5.32 Å². The van der Waals surface area contributed by atoms with E-state index < -0.39 is 0 Å². The summed E-state index contributed by atoms with van der Waals surface area (Å²) in [5.41, 5.74) is 0.382. The van der Waals surface area contributed by atoms with Crippen LogP contribution in [0.3, 0.4) is 0 Å². The number of carbonyl (C=O) groups is 1. The fourth-order valence-corrected chi connectivity index (χ4v) is 2.75. The van der Waals surface area contributed by atoms with Crippen LogP contribution in [0.4, 0.5) is 0 Å². The first-order valence-corrected chi connectivity index (χ1v) is 6.26. The number of hydrogen-bond acceptors (Lipinski definition) is 3. The van der Waals surface area contributed by atoms with E-state index in [0.29, 0.717) is 17.7 Å². The second-order valence-corrected chi connectivity index (χ2v) is 5.03. The van der Waals surface area contributed by atoms with Crippen molar-refractivity contribution < 1.29 is 9.53 Å². The van der Waals surface area contributed by atoms with Crippen LogP contribution in [0.25, 0.3) is 0 Å². The summed E-state index contributed by atoms with van der Waals surface area (Å²) in [4.78, 5) is 13.9. The van der Waals surface area contributed by atoms with Gasteiger partial charge in [0.25, 0.3) is 0 Å². The first-order valence-electron chi connectivity index (χ1n) is 6.26. The topological polar surface area (TPSA) is 41.6 Å². The second kappa shape index (κ2) is 6.57. The van der Waals surface area contributed by atoms with E-state index in [4.69, 9.17) is 4.74 Å². The molecule has 0 radical (unpaired) electrons. The minimum atomic E-state index is 0. The lowest BCUT2D eigenvalue weighted by Crippen LogP contribution is -2.36. The molecule has 0 unspecified atom stereocenters. The molecule has 1 amide bonds. The Morgan fingerprint density at radius 2 is 2.06 bits per heavy atom. The third-order valence-electron chi connectivity index (χ3n) is 3.93. The van der Waals surface area contributed by atoms with Crippen molar-refractivity contribution in [2.75, 3.05) is 39.9 Å². The summed E-state index contributed by atoms with van der Waals surface area (Å²) < 4.78 is 5.40. The van der Waals surface area contributed by atoms with Gasteiger partial charge in [0.05, 0.1) is 0 Å². The first kappa shape index (κ1) is 14.7. The van der Waals surface area contributed by atoms with Crippen molar-refractivity contribution >= 4 is 18.3 Å². The summed E-state index contributed by atoms with van der Waals surface area (Å²) >= 11 is 0. The predicted octanol–water partition coefficient (Wildman–Crippen LogP) is 1.05. The van der Waals surface area contributed by atoms with Crippen molar-refractivity contribution in [3.8, 4) is 0 Å². The molecular formula is C12H23ClN2O2. The molecule has 4 nitrogen and oxygen atoms in total. The van der Waals surface area contributed by atoms with Gasteiger partial charge in [0.2, 0.25) is 5.91 Å². The Bertz CT molecular complexity index is 255. The van der Waals surface area contributed by atoms with Crippen molar-refractivity contribution in [2.45, 2.75) is 25.7 Å². The molecular weight excluding hydrogens is 240 g/mol. The van der Waals surface area contributed by atoms with Crippen LogP contribution in [0.5, 0.6) is 0 Å². The third-order valence-corrected chi connectivity index (χ3v) is 3.93. The van der Waals surface area contributed by atoms with Gasteiger partial charge in [0.15, 0.2) is 0 Å². The highest BCUT2D eigenvalue weighted by atomic mass is 35.5. The lowest BCUT2D eigenvalue weighted by Gasteiger charge is -2.33. The van der Waals surface area contributed by atoms with Crippen molar-refractivity contribution in [3.63, 3.8) is 0 Å². The highest BCUT2D eigenvalue weighted by molar-refractivity contribution is 5.85. The van der Waals surface area contributed by atoms with Gasteiger partial charge in [-0.25, -0.2) is 0 Å². The Morgan fingerprint density at radius 3 is 2.71 bits per heavy atom. The van der Waals surface area contributed by atoms with Crippen LogP contribution in [-0.2, 0) is 9.53 Å². The molecule has 2 heterocycles. The minimum absolute atomic E-state index is 0. The van der Waals surface area contributed by atoms with E-state index in [1.807, 2.05) is 11.9 Å². The van der Waals surface area contributed by atoms with Crippen molar-refractivity contribution in [3.05, 3.63) is 0 Å². The van der Waals surface area contributed by atoms with Gasteiger partial charge < -0.3 is 15.0 Å². The fourth-order valence-electron chi connectivity index (χ4n) is 2.75. The third kappa shape index (κ3) is 3.57. The van der Waals surface area contributed by atoms with Gasteiger partial charge >= 0.3 is 0 Å². The molecule has 2 rings (SSSR count). The predicted molar refractivity (Wildman–Crippen MR) is 69.5 cm³/mol. The Balaban J connectivity index is 0.00000144. The summed E-state index contributed by atoms with van der Waals surface area (Å²) in [6, 6.07) is 0. The largest absolute Gasteiger partial charge is 0.381 e. The van der Waals surface area contributed by atoms with Gasteiger partial charge in [0, 0.05) is 39.3 Å². The van der Waals surface area contributed by atoms with Crippen molar-refractivity contribution in [1.82, 2.24) is 10.2 Å². The average Bonchev–Trinajstić information content (AvgIpc) is 2.71. The normalized spacial score (nSPS) is 22.5. The van der Waals surface area contributed by atoms with E-state index in [1.54, 1.807) is 0 Å². The molecule has 2 aliphatic heterocycles. The number of likely N-dealkylation sites (tertiary alicyclic amines) is 1. The van der Waals surface area contributed by atoms with Gasteiger partial charge in [-0.15, -0.1) is 12.4 Å². The average molecular weight is 263 g/mol. The Morgan fingerprint density at radius 1 is 1.35 bits per heavy atom. The van der Waals surface area contributed by atoms with Gasteiger partial charge in [-0.1, -0.05) is 0 Å². The lowest BCUT2D eigenvalue weighted by atomic mass is 9.80. The second-order valence-electron chi connectivity index (χ2n) is 5.03. The molecule has 1 N–H and O–H groups in total. The zero-order chi connectivity index (χ0) is 11.4. The van der Waals surface area contributed by atoms with Crippen LogP contribution in [0.2, 0.25) is 0 Å². The number of hydrogen-bond donors (Lipinski definition) is 1. The molecule has 0 saturated carbocycles. The maximum Gasteiger partial charge on any atom is 0.223 e. The monoisotopic (exact) mass is 262 g/mol. The number of rotatable bonds is 3. The number of carbonyl (C=O) groups excluding carboxylic acids is 1. The van der Waals surface area contributed by atoms with Gasteiger partial charge in [0.1, 0.15) is 0 Å². The van der Waals surface area contributed by atoms with Gasteiger partial charge in [-0.3, -0.25) is 4.79 Å². The summed E-state index contributed by atoms with van der Waals surface area (Å²) in [5.74, 6) is 0.303. The first-order chi connectivity index (χ1) is 7.76. The molecule has 0 aliphatic carbocycles. The van der Waals surface area contributed by atoms with Crippen LogP contribution in [-0.4, -0.2) is 50.7 Å². The van der Waals surface area contributed by atoms with Crippen LogP contribution >= 0.6 is 12.4 Å². The Hall–Kier alpha value is -0.320. The van der Waals surface area contributed by atoms with Crippen molar-refractivity contribution in [2.24, 2.45) is 5.41 Å². The van der Waals surface area contributed by atoms with Crippen molar-refractivity contribution in [1.29, 1.82) is 0 Å². The highest BCUT2D eigenvalue weighted by Gasteiger charge is 2.40. The molecule has 2 saturated heterocycles. The number of ether oxygens (including phenoxy) is 1. The maximum absolute atomic E-state index is 11.9. The van der Waals surface area contributed by atoms with E-state index in [0.717, 1.165) is 45.7 Å². The molecule has 0 aromatic rings. The van der Waals surface area contributed by atoms with E-state index in [2.05, 4.69) is 5.32 Å².